The first-order chi connectivity index (χ1) is 1.41. The van der Waals surface area contributed by atoms with Crippen LogP contribution in [0, 0.1) is 0 Å². The van der Waals surface area contributed by atoms with E-state index in [-0.39, 0.29) is 32.9 Å². The van der Waals surface area contributed by atoms with Crippen molar-refractivity contribution in [2.45, 2.75) is 0 Å². The fourth-order valence-corrected chi connectivity index (χ4v) is 0. The Kier molecular flexibility index (Phi) is 50.2. The van der Waals surface area contributed by atoms with Crippen LogP contribution in [-0.4, -0.2) is 0 Å². The normalized spacial score (nSPS) is 4.40. The molecule has 0 aliphatic rings. The zero-order chi connectivity index (χ0) is 2.71. The van der Waals surface area contributed by atoms with Crippen LogP contribution in [0.15, 0.2) is 0 Å². The van der Waals surface area contributed by atoms with Crippen molar-refractivity contribution in [1.82, 2.24) is 0 Å². The second kappa shape index (κ2) is 16.0. The predicted octanol–water partition coefficient (Wildman–Crippen LogP) is 1.42. The van der Waals surface area contributed by atoms with Crippen molar-refractivity contribution in [2.24, 2.45) is 0 Å². The first-order valence-corrected chi connectivity index (χ1v) is 10.6. The zero-order valence-corrected chi connectivity index (χ0v) is 10.8. The summed E-state index contributed by atoms with van der Waals surface area (Å²) >= 11 is 2.05. The molecule has 5 heteroatoms. The third kappa shape index (κ3) is 20.9. The predicted molar refractivity (Wildman–Crippen MR) is 43.5 cm³/mol. The molecule has 5 heavy (non-hydrogen) atoms. The van der Waals surface area contributed by atoms with Gasteiger partial charge in [0, 0.05) is 0 Å². The summed E-state index contributed by atoms with van der Waals surface area (Å²) in [4.78, 5) is 0. The van der Waals surface area contributed by atoms with Gasteiger partial charge in [-0.1, -0.05) is 0 Å². The maximum atomic E-state index is 5.12. The second-order valence-corrected chi connectivity index (χ2v) is 8.32. The Balaban J connectivity index is -0.0000000200. The van der Waals surface area contributed by atoms with Gasteiger partial charge in [0.15, 0.2) is 0 Å². The fraction of sp³-hybridized carbons (Fsp3) is 0. The number of hydrogen-bond donors (Lipinski definition) is 0. The van der Waals surface area contributed by atoms with Gasteiger partial charge in [0.05, 0.1) is 0 Å². The third-order valence-corrected chi connectivity index (χ3v) is 0. The van der Waals surface area contributed by atoms with Gasteiger partial charge in [-0.3, -0.25) is 0 Å². The Morgan fingerprint density at radius 3 is 1.40 bits per heavy atom. The Bertz CT molecular complexity index is 9.61. The first-order valence-electron chi connectivity index (χ1n) is 0.267. The van der Waals surface area contributed by atoms with E-state index in [1.165, 1.54) is 0 Å². The summed E-state index contributed by atoms with van der Waals surface area (Å²) in [5, 5.41) is 0. The van der Waals surface area contributed by atoms with E-state index in [2.05, 4.69) is 19.6 Å². The van der Waals surface area contributed by atoms with E-state index < -0.39 is 0 Å². The van der Waals surface area contributed by atoms with E-state index >= 15 is 0 Å². The van der Waals surface area contributed by atoms with E-state index in [1.807, 2.05) is 0 Å². The average Bonchev–Trinajstić information content (AvgIpc) is 0.918. The SMILES string of the molecule is P.P.[Cl][IrH][I]. The number of halogens is 2. The fourth-order valence-electron chi connectivity index (χ4n) is 0. The standard InChI is InChI=1S/ClH.HI.Ir.2H3P.H/h2*1H;;2*1H3;/q;;+2;;;/p-2. The molecular weight excluding hydrogens is 417 g/mol. The second-order valence-electron chi connectivity index (χ2n) is 0.0505. The molecule has 0 radical (unpaired) electrons. The van der Waals surface area contributed by atoms with Gasteiger partial charge < -0.3 is 0 Å². The molecule has 0 rings (SSSR count). The van der Waals surface area contributed by atoms with E-state index in [0.29, 0.717) is 0 Å². The molecule has 40 valence electrons. The van der Waals surface area contributed by atoms with Crippen molar-refractivity contribution in [3.8, 4) is 0 Å². The Hall–Kier alpha value is 2.53. The van der Waals surface area contributed by atoms with Crippen molar-refractivity contribution in [3.05, 3.63) is 0 Å². The molecule has 0 spiro atoms. The topological polar surface area (TPSA) is 0 Å². The molecule has 0 aromatic carbocycles. The molecule has 0 N–H and O–H groups in total. The van der Waals surface area contributed by atoms with E-state index in [9.17, 15) is 0 Å². The summed E-state index contributed by atoms with van der Waals surface area (Å²) in [5.41, 5.74) is 0. The van der Waals surface area contributed by atoms with E-state index in [4.69, 9.17) is 9.58 Å². The van der Waals surface area contributed by atoms with Crippen LogP contribution in [0.4, 0.5) is 0 Å². The number of hydrogen-bond acceptors (Lipinski definition) is 0. The molecule has 0 fully saturated rings. The van der Waals surface area contributed by atoms with Gasteiger partial charge in [0.2, 0.25) is 0 Å². The van der Waals surface area contributed by atoms with Crippen LogP contribution in [0.5, 0.6) is 0 Å². The summed E-state index contributed by atoms with van der Waals surface area (Å²) in [6.07, 6.45) is 0. The van der Waals surface area contributed by atoms with Crippen LogP contribution in [0.25, 0.3) is 0 Å². The Labute approximate surface area is 61.4 Å². The van der Waals surface area contributed by atoms with Gasteiger partial charge in [-0.05, 0) is 0 Å². The van der Waals surface area contributed by atoms with Gasteiger partial charge >= 0.3 is 42.3 Å². The summed E-state index contributed by atoms with van der Waals surface area (Å²) in [7, 11) is 5.12. The van der Waals surface area contributed by atoms with Crippen LogP contribution in [0.3, 0.4) is 0 Å². The van der Waals surface area contributed by atoms with Gasteiger partial charge in [-0.15, -0.1) is 0 Å². The van der Waals surface area contributed by atoms with Gasteiger partial charge in [-0.25, -0.2) is 0 Å². The Morgan fingerprint density at radius 1 is 1.40 bits per heavy atom. The van der Waals surface area contributed by atoms with Crippen LogP contribution < -0.4 is 0 Å². The van der Waals surface area contributed by atoms with Crippen molar-refractivity contribution in [2.75, 3.05) is 0 Å². The molecule has 2 unspecified atom stereocenters. The van der Waals surface area contributed by atoms with Crippen molar-refractivity contribution in [1.29, 1.82) is 0 Å². The van der Waals surface area contributed by atoms with Gasteiger partial charge in [-0.2, -0.15) is 19.8 Å². The van der Waals surface area contributed by atoms with Crippen LogP contribution in [0.1, 0.15) is 0 Å². The molecule has 0 amide bonds. The minimum absolute atomic E-state index is 0. The third-order valence-electron chi connectivity index (χ3n) is 0. The van der Waals surface area contributed by atoms with Gasteiger partial charge in [0.25, 0.3) is 0 Å². The van der Waals surface area contributed by atoms with E-state index in [0.717, 1.165) is 0 Å². The van der Waals surface area contributed by atoms with Crippen LogP contribution in [0.2, 0.25) is 0 Å². The molecule has 0 bridgehead atoms. The molecule has 0 aromatic heterocycles. The van der Waals surface area contributed by atoms with E-state index in [1.54, 1.807) is 0 Å². The molecule has 2 atom stereocenters. The molecular formula is H7ClIIrP2. The zero-order valence-electron chi connectivity index (χ0n) is 2.52. The first kappa shape index (κ1) is 15.6. The number of rotatable bonds is 0. The Morgan fingerprint density at radius 2 is 1.40 bits per heavy atom. The van der Waals surface area contributed by atoms with Gasteiger partial charge in [0.1, 0.15) is 0 Å². The summed E-state index contributed by atoms with van der Waals surface area (Å²) < 4.78 is 0. The molecule has 0 saturated heterocycles. The molecule has 0 aliphatic carbocycles. The molecule has 0 heterocycles. The molecule has 0 nitrogen and oxygen atoms in total. The molecule has 0 aliphatic heterocycles. The van der Waals surface area contributed by atoms with Crippen molar-refractivity contribution in [3.63, 3.8) is 0 Å². The monoisotopic (exact) mass is 424 g/mol. The summed E-state index contributed by atoms with van der Waals surface area (Å²) in [5.74, 6) is 0. The summed E-state index contributed by atoms with van der Waals surface area (Å²) in [6, 6.07) is 0. The maximum absolute atomic E-state index is 5.12. The minimum atomic E-state index is -0.141. The van der Waals surface area contributed by atoms with Crippen LogP contribution in [-0.2, 0) is 13.1 Å². The van der Waals surface area contributed by atoms with Crippen molar-refractivity contribution >= 4 is 49.0 Å². The molecule has 0 saturated carbocycles. The summed E-state index contributed by atoms with van der Waals surface area (Å²) in [6.45, 7) is 0. The quantitative estimate of drug-likeness (QED) is 0.408. The average molecular weight is 424 g/mol. The van der Waals surface area contributed by atoms with Crippen molar-refractivity contribution < 1.29 is 13.1 Å². The molecule has 0 aromatic rings. The van der Waals surface area contributed by atoms with Crippen LogP contribution >= 0.6 is 49.0 Å².